The number of nitriles is 1. The molecule has 3 heterocycles. The van der Waals surface area contributed by atoms with Crippen LogP contribution < -0.4 is 5.73 Å². The van der Waals surface area contributed by atoms with Gasteiger partial charge in [-0.2, -0.15) is 28.6 Å². The van der Waals surface area contributed by atoms with Crippen LogP contribution in [0.25, 0.3) is 11.3 Å². The van der Waals surface area contributed by atoms with E-state index in [1.54, 1.807) is 15.8 Å². The lowest BCUT2D eigenvalue weighted by Gasteiger charge is -2.26. The van der Waals surface area contributed by atoms with E-state index in [4.69, 9.17) is 22.1 Å². The number of anilines is 1. The molecule has 4 rings (SSSR count). The van der Waals surface area contributed by atoms with Crippen molar-refractivity contribution in [3.8, 4) is 17.3 Å². The number of nitrogens with zero attached hydrogens (tertiary/aromatic N) is 6. The fraction of sp³-hybridized carbons (Fsp3) is 0.462. The fourth-order valence-electron chi connectivity index (χ4n) is 4.52. The fourth-order valence-corrected chi connectivity index (χ4v) is 4.74. The van der Waals surface area contributed by atoms with Gasteiger partial charge in [-0.15, -0.1) is 0 Å². The average Bonchev–Trinajstić information content (AvgIpc) is 3.33. The first-order valence-corrected chi connectivity index (χ1v) is 12.8. The van der Waals surface area contributed by atoms with Crippen LogP contribution in [0.1, 0.15) is 62.8 Å². The van der Waals surface area contributed by atoms with Gasteiger partial charge in [0.15, 0.2) is 0 Å². The van der Waals surface area contributed by atoms with Crippen molar-refractivity contribution >= 4 is 23.5 Å². The number of carbonyl (C=O) groups excluding carboxylic acids is 1. The molecule has 9 nitrogen and oxygen atoms in total. The van der Waals surface area contributed by atoms with Gasteiger partial charge in [-0.25, -0.2) is 9.48 Å². The van der Waals surface area contributed by atoms with Crippen LogP contribution in [-0.2, 0) is 17.5 Å². The molecule has 1 atom stereocenters. The SMILES string of the molecule is CC(C)(C)OC(=O)N1CCC[C@H](n2nc(-c3cnn(Cc4ccc(Cl)c(C(F)(F)F)c4)c3)c(C#N)c2N)CC1. The molecule has 0 bridgehead atoms. The van der Waals surface area contributed by atoms with Gasteiger partial charge in [-0.3, -0.25) is 4.68 Å². The van der Waals surface area contributed by atoms with Crippen molar-refractivity contribution in [2.24, 2.45) is 0 Å². The molecule has 0 aliphatic carbocycles. The monoisotopic (exact) mass is 563 g/mol. The molecular formula is C26H29ClF3N7O2. The molecule has 1 saturated heterocycles. The average molecular weight is 564 g/mol. The summed E-state index contributed by atoms with van der Waals surface area (Å²) in [5.74, 6) is 0.212. The van der Waals surface area contributed by atoms with Gasteiger partial charge in [0.1, 0.15) is 28.7 Å². The number of nitrogens with two attached hydrogens (primary N) is 1. The highest BCUT2D eigenvalue weighted by Gasteiger charge is 2.33. The zero-order valence-corrected chi connectivity index (χ0v) is 22.6. The smallest absolute Gasteiger partial charge is 0.417 e. The topological polar surface area (TPSA) is 115 Å². The van der Waals surface area contributed by atoms with Crippen molar-refractivity contribution in [1.29, 1.82) is 5.26 Å². The molecule has 1 amide bonds. The molecule has 0 radical (unpaired) electrons. The summed E-state index contributed by atoms with van der Waals surface area (Å²) in [6.45, 7) is 6.50. The Morgan fingerprint density at radius 2 is 2.00 bits per heavy atom. The van der Waals surface area contributed by atoms with Gasteiger partial charge in [0.05, 0.1) is 29.4 Å². The van der Waals surface area contributed by atoms with Gasteiger partial charge in [-0.05, 0) is 57.7 Å². The quantitative estimate of drug-likeness (QED) is 0.424. The number of benzene rings is 1. The van der Waals surface area contributed by atoms with Crippen molar-refractivity contribution in [2.75, 3.05) is 18.8 Å². The molecule has 2 N–H and O–H groups in total. The Bertz CT molecular complexity index is 1400. The summed E-state index contributed by atoms with van der Waals surface area (Å²) >= 11 is 5.72. The number of halogens is 4. The maximum absolute atomic E-state index is 13.2. The molecule has 2 aromatic heterocycles. The van der Waals surface area contributed by atoms with E-state index in [1.807, 2.05) is 20.8 Å². The number of alkyl halides is 3. The number of hydrogen-bond acceptors (Lipinski definition) is 6. The largest absolute Gasteiger partial charge is 0.444 e. The molecule has 39 heavy (non-hydrogen) atoms. The lowest BCUT2D eigenvalue weighted by atomic mass is 10.1. The summed E-state index contributed by atoms with van der Waals surface area (Å²) in [6.07, 6.45) is 0.136. The molecule has 1 fully saturated rings. The van der Waals surface area contributed by atoms with Crippen LogP contribution >= 0.6 is 11.6 Å². The molecular weight excluding hydrogens is 535 g/mol. The molecule has 3 aromatic rings. The summed E-state index contributed by atoms with van der Waals surface area (Å²) in [6, 6.07) is 5.67. The Hall–Kier alpha value is -3.72. The number of ether oxygens (including phenoxy) is 1. The van der Waals surface area contributed by atoms with E-state index in [1.165, 1.54) is 23.0 Å². The van der Waals surface area contributed by atoms with Gasteiger partial charge in [0, 0.05) is 24.8 Å². The molecule has 0 unspecified atom stereocenters. The predicted octanol–water partition coefficient (Wildman–Crippen LogP) is 5.88. The zero-order valence-electron chi connectivity index (χ0n) is 21.8. The van der Waals surface area contributed by atoms with E-state index >= 15 is 0 Å². The van der Waals surface area contributed by atoms with Crippen LogP contribution in [0.5, 0.6) is 0 Å². The Kier molecular flexibility index (Phi) is 7.84. The first-order valence-electron chi connectivity index (χ1n) is 12.4. The molecule has 208 valence electrons. The zero-order chi connectivity index (χ0) is 28.5. The third-order valence-electron chi connectivity index (χ3n) is 6.34. The molecule has 0 spiro atoms. The van der Waals surface area contributed by atoms with E-state index < -0.39 is 17.3 Å². The second-order valence-corrected chi connectivity index (χ2v) is 10.9. The molecule has 0 saturated carbocycles. The number of rotatable bonds is 4. The Morgan fingerprint density at radius 3 is 2.67 bits per heavy atom. The Balaban J connectivity index is 1.53. The number of nitrogen functional groups attached to an aromatic ring is 1. The van der Waals surface area contributed by atoms with Crippen molar-refractivity contribution in [2.45, 2.75) is 64.4 Å². The molecule has 1 aromatic carbocycles. The minimum atomic E-state index is -4.57. The number of aromatic nitrogens is 4. The Labute approximate surface area is 228 Å². The van der Waals surface area contributed by atoms with Crippen molar-refractivity contribution in [3.05, 3.63) is 52.3 Å². The van der Waals surface area contributed by atoms with Crippen LogP contribution in [0.2, 0.25) is 5.02 Å². The van der Waals surface area contributed by atoms with Crippen molar-refractivity contribution in [3.63, 3.8) is 0 Å². The van der Waals surface area contributed by atoms with Gasteiger partial charge in [-0.1, -0.05) is 17.7 Å². The van der Waals surface area contributed by atoms with Crippen LogP contribution in [0.4, 0.5) is 23.8 Å². The maximum atomic E-state index is 13.2. The standard InChI is InChI=1S/C26H29ClF3N7O2/c1-25(2,3)39-24(38)35-9-4-5-18(8-10-35)37-23(32)19(12-31)22(34-37)17-13-33-36(15-17)14-16-6-7-21(27)20(11-16)26(28,29)30/h6-7,11,13,15,18H,4-5,8-10,14,32H2,1-3H3/t18-/m0/s1. The van der Waals surface area contributed by atoms with E-state index in [-0.39, 0.29) is 35.1 Å². The second kappa shape index (κ2) is 10.8. The van der Waals surface area contributed by atoms with Gasteiger partial charge < -0.3 is 15.4 Å². The Morgan fingerprint density at radius 1 is 1.26 bits per heavy atom. The first kappa shape index (κ1) is 28.3. The summed E-state index contributed by atoms with van der Waals surface area (Å²) in [7, 11) is 0. The lowest BCUT2D eigenvalue weighted by molar-refractivity contribution is -0.137. The maximum Gasteiger partial charge on any atom is 0.417 e. The lowest BCUT2D eigenvalue weighted by Crippen LogP contribution is -2.37. The number of hydrogen-bond donors (Lipinski definition) is 1. The first-order chi connectivity index (χ1) is 18.3. The normalized spacial score (nSPS) is 16.6. The number of carbonyl (C=O) groups is 1. The minimum absolute atomic E-state index is 0.0570. The molecule has 1 aliphatic rings. The predicted molar refractivity (Wildman–Crippen MR) is 139 cm³/mol. The van der Waals surface area contributed by atoms with E-state index in [0.29, 0.717) is 49.2 Å². The van der Waals surface area contributed by atoms with E-state index in [2.05, 4.69) is 16.3 Å². The van der Waals surface area contributed by atoms with Gasteiger partial charge in [0.2, 0.25) is 0 Å². The highest BCUT2D eigenvalue weighted by molar-refractivity contribution is 6.31. The van der Waals surface area contributed by atoms with Crippen LogP contribution in [0, 0.1) is 11.3 Å². The number of amides is 1. The van der Waals surface area contributed by atoms with Crippen molar-refractivity contribution < 1.29 is 22.7 Å². The van der Waals surface area contributed by atoms with Gasteiger partial charge >= 0.3 is 12.3 Å². The minimum Gasteiger partial charge on any atom is -0.444 e. The van der Waals surface area contributed by atoms with Crippen LogP contribution in [0.3, 0.4) is 0 Å². The third-order valence-corrected chi connectivity index (χ3v) is 6.67. The molecule has 13 heteroatoms. The van der Waals surface area contributed by atoms with E-state index in [9.17, 15) is 23.2 Å². The number of likely N-dealkylation sites (tertiary alicyclic amines) is 1. The summed E-state index contributed by atoms with van der Waals surface area (Å²) in [4.78, 5) is 14.2. The van der Waals surface area contributed by atoms with Crippen molar-refractivity contribution in [1.82, 2.24) is 24.5 Å². The summed E-state index contributed by atoms with van der Waals surface area (Å²) in [5.41, 5.74) is 6.22. The third kappa shape index (κ3) is 6.47. The van der Waals surface area contributed by atoms with Crippen LogP contribution in [-0.4, -0.2) is 49.2 Å². The van der Waals surface area contributed by atoms with Gasteiger partial charge in [0.25, 0.3) is 0 Å². The van der Waals surface area contributed by atoms with Crippen LogP contribution in [0.15, 0.2) is 30.6 Å². The summed E-state index contributed by atoms with van der Waals surface area (Å²) < 4.78 is 48.3. The van der Waals surface area contributed by atoms with E-state index in [0.717, 1.165) is 6.07 Å². The molecule has 1 aliphatic heterocycles. The summed E-state index contributed by atoms with van der Waals surface area (Å²) in [5, 5.41) is 18.3. The highest BCUT2D eigenvalue weighted by atomic mass is 35.5. The highest BCUT2D eigenvalue weighted by Crippen LogP contribution is 2.36. The second-order valence-electron chi connectivity index (χ2n) is 10.5.